The number of rotatable bonds is 7. The summed E-state index contributed by atoms with van der Waals surface area (Å²) in [5.74, 6) is -0.497. The molecule has 0 bridgehead atoms. The molecular weight excluding hydrogens is 190 g/mol. The summed E-state index contributed by atoms with van der Waals surface area (Å²) in [4.78, 5) is 6.16. The minimum atomic E-state index is -0.497. The van der Waals surface area contributed by atoms with E-state index in [-0.39, 0.29) is 0 Å². The molecule has 0 fully saturated rings. The molecule has 0 aliphatic rings. The molecule has 0 aromatic rings. The van der Waals surface area contributed by atoms with Crippen molar-refractivity contribution in [2.45, 2.75) is 12.4 Å². The highest BCUT2D eigenvalue weighted by Gasteiger charge is 2.38. The molecule has 0 saturated heterocycles. The lowest BCUT2D eigenvalue weighted by molar-refractivity contribution is -0.294. The minimum absolute atomic E-state index is 0.497. The molecule has 0 spiro atoms. The first-order chi connectivity index (χ1) is 6.89. The summed E-state index contributed by atoms with van der Waals surface area (Å²) in [7, 11) is 12.0. The quantitative estimate of drug-likeness (QED) is 0.356. The Morgan fingerprint density at radius 2 is 1.40 bits per heavy atom. The van der Waals surface area contributed by atoms with Crippen molar-refractivity contribution < 1.29 is 4.74 Å². The van der Waals surface area contributed by atoms with Crippen molar-refractivity contribution in [2.24, 2.45) is 0 Å². The average Bonchev–Trinajstić information content (AvgIpc) is 2.10. The molecule has 0 rings (SSSR count). The van der Waals surface area contributed by atoms with E-state index in [1.54, 1.807) is 0 Å². The van der Waals surface area contributed by atoms with Crippen LogP contribution in [0.3, 0.4) is 0 Å². The van der Waals surface area contributed by atoms with Crippen molar-refractivity contribution in [1.82, 2.24) is 14.7 Å². The van der Waals surface area contributed by atoms with Crippen molar-refractivity contribution in [1.29, 1.82) is 0 Å². The molecule has 0 aromatic heterocycles. The van der Waals surface area contributed by atoms with Crippen molar-refractivity contribution in [2.75, 3.05) is 48.9 Å². The van der Waals surface area contributed by atoms with E-state index in [0.29, 0.717) is 6.61 Å². The van der Waals surface area contributed by atoms with Gasteiger partial charge in [0, 0.05) is 0 Å². The maximum Gasteiger partial charge on any atom is 0.241 e. The van der Waals surface area contributed by atoms with Crippen LogP contribution in [0, 0.1) is 0 Å². The van der Waals surface area contributed by atoms with Crippen LogP contribution in [0.5, 0.6) is 0 Å². The van der Waals surface area contributed by atoms with Crippen LogP contribution in [0.2, 0.25) is 0 Å². The molecule has 0 N–H and O–H groups in total. The molecular formula is C11H25N3O. The maximum atomic E-state index is 5.96. The number of nitrogens with zero attached hydrogens (tertiary/aromatic N) is 3. The first-order valence-corrected chi connectivity index (χ1v) is 5.16. The fourth-order valence-electron chi connectivity index (χ4n) is 1.87. The summed E-state index contributed by atoms with van der Waals surface area (Å²) in [6.07, 6.45) is 2.73. The number of ether oxygens (including phenoxy) is 1. The molecule has 4 heteroatoms. The van der Waals surface area contributed by atoms with E-state index in [0.717, 1.165) is 6.42 Å². The molecule has 0 atom stereocenters. The van der Waals surface area contributed by atoms with E-state index < -0.39 is 5.97 Å². The van der Waals surface area contributed by atoms with Gasteiger partial charge in [0.15, 0.2) is 0 Å². The molecule has 0 heterocycles. The Labute approximate surface area is 94.1 Å². The number of hydrogen-bond donors (Lipinski definition) is 0. The van der Waals surface area contributed by atoms with Crippen molar-refractivity contribution in [3.8, 4) is 0 Å². The molecule has 0 radical (unpaired) electrons. The number of hydrogen-bond acceptors (Lipinski definition) is 4. The van der Waals surface area contributed by atoms with Gasteiger partial charge >= 0.3 is 0 Å². The zero-order valence-electron chi connectivity index (χ0n) is 10.9. The molecule has 0 amide bonds. The zero-order valence-corrected chi connectivity index (χ0v) is 10.9. The van der Waals surface area contributed by atoms with E-state index in [1.807, 2.05) is 48.4 Å². The summed E-state index contributed by atoms with van der Waals surface area (Å²) < 4.78 is 5.96. The lowest BCUT2D eigenvalue weighted by atomic mass is 10.4. The largest absolute Gasteiger partial charge is 0.334 e. The van der Waals surface area contributed by atoms with Gasteiger partial charge in [-0.05, 0) is 48.7 Å². The van der Waals surface area contributed by atoms with Gasteiger partial charge in [0.25, 0.3) is 0 Å². The van der Waals surface area contributed by atoms with Crippen molar-refractivity contribution in [3.05, 3.63) is 12.7 Å². The molecule has 0 aliphatic carbocycles. The van der Waals surface area contributed by atoms with E-state index in [4.69, 9.17) is 4.74 Å². The Balaban J connectivity index is 4.72. The second-order valence-electron chi connectivity index (χ2n) is 4.18. The summed E-state index contributed by atoms with van der Waals surface area (Å²) in [6, 6.07) is 0. The van der Waals surface area contributed by atoms with Gasteiger partial charge in [-0.2, -0.15) is 0 Å². The smallest absolute Gasteiger partial charge is 0.241 e. The summed E-state index contributed by atoms with van der Waals surface area (Å²) in [6.45, 7) is 4.36. The van der Waals surface area contributed by atoms with Gasteiger partial charge in [-0.1, -0.05) is 6.08 Å². The van der Waals surface area contributed by atoms with E-state index >= 15 is 0 Å². The standard InChI is InChI=1S/C11H25N3O/c1-8-9-10-15-11(12(2)3,13(4)5)14(6)7/h8H,1,9-10H2,2-7H3. The second kappa shape index (κ2) is 6.23. The lowest BCUT2D eigenvalue weighted by Crippen LogP contribution is -2.65. The van der Waals surface area contributed by atoms with Crippen LogP contribution in [0.1, 0.15) is 6.42 Å². The maximum absolute atomic E-state index is 5.96. The highest BCUT2D eigenvalue weighted by atomic mass is 16.6. The van der Waals surface area contributed by atoms with Crippen LogP contribution in [0.25, 0.3) is 0 Å². The normalized spacial score (nSPS) is 12.9. The SMILES string of the molecule is C=CCCOC(N(C)C)(N(C)C)N(C)C. The third-order valence-electron chi connectivity index (χ3n) is 2.37. The van der Waals surface area contributed by atoms with Gasteiger partial charge in [0.05, 0.1) is 6.61 Å². The Hall–Kier alpha value is -0.420. The van der Waals surface area contributed by atoms with Crippen LogP contribution in [-0.4, -0.2) is 69.6 Å². The van der Waals surface area contributed by atoms with Gasteiger partial charge in [-0.25, -0.2) is 0 Å². The predicted octanol–water partition coefficient (Wildman–Crippen LogP) is 0.875. The van der Waals surface area contributed by atoms with Gasteiger partial charge in [-0.15, -0.1) is 6.58 Å². The van der Waals surface area contributed by atoms with Crippen molar-refractivity contribution >= 4 is 0 Å². The summed E-state index contributed by atoms with van der Waals surface area (Å²) >= 11 is 0. The average molecular weight is 215 g/mol. The molecule has 0 unspecified atom stereocenters. The highest BCUT2D eigenvalue weighted by molar-refractivity contribution is 4.73. The van der Waals surface area contributed by atoms with Gasteiger partial charge in [0.2, 0.25) is 5.97 Å². The Morgan fingerprint density at radius 1 is 1.00 bits per heavy atom. The fraction of sp³-hybridized carbons (Fsp3) is 0.818. The van der Waals surface area contributed by atoms with Crippen LogP contribution in [-0.2, 0) is 4.74 Å². The second-order valence-corrected chi connectivity index (χ2v) is 4.18. The Kier molecular flexibility index (Phi) is 6.05. The van der Waals surface area contributed by atoms with Gasteiger partial charge < -0.3 is 4.74 Å². The highest BCUT2D eigenvalue weighted by Crippen LogP contribution is 2.20. The van der Waals surface area contributed by atoms with Crippen molar-refractivity contribution in [3.63, 3.8) is 0 Å². The lowest BCUT2D eigenvalue weighted by Gasteiger charge is -2.48. The zero-order chi connectivity index (χ0) is 12.1. The first-order valence-electron chi connectivity index (χ1n) is 5.16. The molecule has 0 saturated carbocycles. The van der Waals surface area contributed by atoms with E-state index in [9.17, 15) is 0 Å². The predicted molar refractivity (Wildman–Crippen MR) is 64.6 cm³/mol. The molecule has 4 nitrogen and oxygen atoms in total. The molecule has 90 valence electrons. The monoisotopic (exact) mass is 215 g/mol. The summed E-state index contributed by atoms with van der Waals surface area (Å²) in [5.41, 5.74) is 0. The fourth-order valence-corrected chi connectivity index (χ4v) is 1.87. The molecule has 15 heavy (non-hydrogen) atoms. The third-order valence-corrected chi connectivity index (χ3v) is 2.37. The Morgan fingerprint density at radius 3 is 1.67 bits per heavy atom. The molecule has 0 aliphatic heterocycles. The van der Waals surface area contributed by atoms with E-state index in [1.165, 1.54) is 0 Å². The Bertz CT molecular complexity index is 168. The third kappa shape index (κ3) is 3.28. The minimum Gasteiger partial charge on any atom is -0.334 e. The van der Waals surface area contributed by atoms with E-state index in [2.05, 4.69) is 21.3 Å². The van der Waals surface area contributed by atoms with Crippen LogP contribution >= 0.6 is 0 Å². The first kappa shape index (κ1) is 14.6. The van der Waals surface area contributed by atoms with Gasteiger partial charge in [0.1, 0.15) is 0 Å². The molecule has 0 aromatic carbocycles. The van der Waals surface area contributed by atoms with Crippen LogP contribution < -0.4 is 0 Å². The van der Waals surface area contributed by atoms with Crippen LogP contribution in [0.4, 0.5) is 0 Å². The van der Waals surface area contributed by atoms with Crippen LogP contribution in [0.15, 0.2) is 12.7 Å². The topological polar surface area (TPSA) is 19.0 Å². The summed E-state index contributed by atoms with van der Waals surface area (Å²) in [5, 5.41) is 0. The van der Waals surface area contributed by atoms with Gasteiger partial charge in [-0.3, -0.25) is 14.7 Å².